The van der Waals surface area contributed by atoms with E-state index in [9.17, 15) is 4.79 Å². The molecule has 1 N–H and O–H groups in total. The van der Waals surface area contributed by atoms with E-state index in [1.54, 1.807) is 11.8 Å². The van der Waals surface area contributed by atoms with Gasteiger partial charge in [0, 0.05) is 31.2 Å². The number of rotatable bonds is 7. The van der Waals surface area contributed by atoms with Gasteiger partial charge < -0.3 is 14.6 Å². The number of aromatic nitrogens is 2. The predicted molar refractivity (Wildman–Crippen MR) is 104 cm³/mol. The molecule has 0 saturated carbocycles. The molecule has 0 aliphatic carbocycles. The van der Waals surface area contributed by atoms with E-state index in [4.69, 9.17) is 0 Å². The van der Waals surface area contributed by atoms with E-state index in [-0.39, 0.29) is 5.91 Å². The molecule has 6 heteroatoms. The number of amides is 1. The lowest BCUT2D eigenvalue weighted by Crippen LogP contribution is -2.41. The molecule has 136 valence electrons. The lowest BCUT2D eigenvalue weighted by Gasteiger charge is -2.32. The number of fused-ring (bicyclic) bond motifs is 1. The zero-order valence-corrected chi connectivity index (χ0v) is 16.0. The zero-order chi connectivity index (χ0) is 17.6. The van der Waals surface area contributed by atoms with Crippen molar-refractivity contribution >= 4 is 23.3 Å². The minimum Gasteiger partial charge on any atom is -0.342 e. The second kappa shape index (κ2) is 8.72. The number of nitrogens with one attached hydrogen (secondary N) is 1. The van der Waals surface area contributed by atoms with Crippen LogP contribution in [0, 0.1) is 12.8 Å². The second-order valence-corrected chi connectivity index (χ2v) is 7.81. The van der Waals surface area contributed by atoms with Gasteiger partial charge in [-0.15, -0.1) is 11.8 Å². The SMILES string of the molecule is CCNCC1CCN(C(=O)CSCc2cn3cc(C)ccc3n2)CC1. The first-order valence-electron chi connectivity index (χ1n) is 9.16. The minimum absolute atomic E-state index is 0.270. The number of likely N-dealkylation sites (tertiary alicyclic amines) is 1. The van der Waals surface area contributed by atoms with Gasteiger partial charge in [-0.2, -0.15) is 0 Å². The Hall–Kier alpha value is -1.53. The first-order valence-corrected chi connectivity index (χ1v) is 10.3. The molecule has 25 heavy (non-hydrogen) atoms. The minimum atomic E-state index is 0.270. The lowest BCUT2D eigenvalue weighted by atomic mass is 9.97. The molecule has 0 spiro atoms. The summed E-state index contributed by atoms with van der Waals surface area (Å²) in [6, 6.07) is 4.11. The molecular weight excluding hydrogens is 332 g/mol. The summed E-state index contributed by atoms with van der Waals surface area (Å²) in [6.07, 6.45) is 6.38. The number of aryl methyl sites for hydroxylation is 1. The summed E-state index contributed by atoms with van der Waals surface area (Å²) in [5, 5.41) is 3.41. The summed E-state index contributed by atoms with van der Waals surface area (Å²) in [5.74, 6) is 2.32. The summed E-state index contributed by atoms with van der Waals surface area (Å²) in [4.78, 5) is 19.0. The second-order valence-electron chi connectivity index (χ2n) is 6.83. The Bertz CT molecular complexity index is 707. The van der Waals surface area contributed by atoms with Crippen molar-refractivity contribution in [2.75, 3.05) is 31.9 Å². The van der Waals surface area contributed by atoms with Crippen LogP contribution in [0.3, 0.4) is 0 Å². The smallest absolute Gasteiger partial charge is 0.232 e. The zero-order valence-electron chi connectivity index (χ0n) is 15.2. The van der Waals surface area contributed by atoms with Gasteiger partial charge in [0.05, 0.1) is 11.4 Å². The van der Waals surface area contributed by atoms with Crippen molar-refractivity contribution in [1.29, 1.82) is 0 Å². The molecule has 0 unspecified atom stereocenters. The Kier molecular flexibility index (Phi) is 6.37. The van der Waals surface area contributed by atoms with E-state index in [1.807, 2.05) is 11.0 Å². The maximum Gasteiger partial charge on any atom is 0.232 e. The number of piperidine rings is 1. The molecule has 5 nitrogen and oxygen atoms in total. The first-order chi connectivity index (χ1) is 12.2. The van der Waals surface area contributed by atoms with Gasteiger partial charge in [-0.25, -0.2) is 4.98 Å². The number of thioether (sulfide) groups is 1. The Morgan fingerprint density at radius 1 is 1.32 bits per heavy atom. The number of imidazole rings is 1. The van der Waals surface area contributed by atoms with Crippen LogP contribution in [0.2, 0.25) is 0 Å². The van der Waals surface area contributed by atoms with Crippen molar-refractivity contribution in [1.82, 2.24) is 19.6 Å². The van der Waals surface area contributed by atoms with E-state index < -0.39 is 0 Å². The fourth-order valence-electron chi connectivity index (χ4n) is 3.29. The molecule has 1 aliphatic rings. The highest BCUT2D eigenvalue weighted by Crippen LogP contribution is 2.19. The van der Waals surface area contributed by atoms with Crippen LogP contribution in [0.4, 0.5) is 0 Å². The highest BCUT2D eigenvalue weighted by molar-refractivity contribution is 7.99. The molecule has 2 aromatic rings. The number of hydrogen-bond donors (Lipinski definition) is 1. The summed E-state index contributed by atoms with van der Waals surface area (Å²) in [7, 11) is 0. The third kappa shape index (κ3) is 4.98. The van der Waals surface area contributed by atoms with Gasteiger partial charge in [-0.1, -0.05) is 13.0 Å². The van der Waals surface area contributed by atoms with Crippen LogP contribution >= 0.6 is 11.8 Å². The summed E-state index contributed by atoms with van der Waals surface area (Å²) in [6.45, 7) is 8.14. The highest BCUT2D eigenvalue weighted by Gasteiger charge is 2.22. The van der Waals surface area contributed by atoms with Gasteiger partial charge >= 0.3 is 0 Å². The number of hydrogen-bond acceptors (Lipinski definition) is 4. The van der Waals surface area contributed by atoms with Crippen LogP contribution in [0.25, 0.3) is 5.65 Å². The molecule has 1 amide bonds. The van der Waals surface area contributed by atoms with Crippen LogP contribution in [0.1, 0.15) is 31.0 Å². The standard InChI is InChI=1S/C19H28N4OS/c1-3-20-10-16-6-8-22(9-7-16)19(24)14-25-13-17-12-23-11-15(2)4-5-18(23)21-17/h4-5,11-12,16,20H,3,6-10,13-14H2,1-2H3. The normalized spacial score (nSPS) is 15.8. The maximum absolute atomic E-state index is 12.4. The third-order valence-corrected chi connectivity index (χ3v) is 5.73. The molecule has 2 aromatic heterocycles. The molecule has 0 aromatic carbocycles. The largest absolute Gasteiger partial charge is 0.342 e. The highest BCUT2D eigenvalue weighted by atomic mass is 32.2. The van der Waals surface area contributed by atoms with E-state index in [0.717, 1.165) is 62.0 Å². The third-order valence-electron chi connectivity index (χ3n) is 4.77. The Morgan fingerprint density at radius 3 is 2.88 bits per heavy atom. The van der Waals surface area contributed by atoms with Crippen molar-refractivity contribution in [3.63, 3.8) is 0 Å². The first kappa shape index (κ1) is 18.3. The summed E-state index contributed by atoms with van der Waals surface area (Å²) in [5.41, 5.74) is 3.22. The number of carbonyl (C=O) groups is 1. The molecule has 0 atom stereocenters. The van der Waals surface area contributed by atoms with Gasteiger partial charge in [-0.05, 0) is 50.4 Å². The van der Waals surface area contributed by atoms with Crippen molar-refractivity contribution in [2.45, 2.75) is 32.4 Å². The van der Waals surface area contributed by atoms with Crippen LogP contribution in [-0.4, -0.2) is 52.1 Å². The molecule has 3 heterocycles. The Balaban J connectivity index is 1.41. The fourth-order valence-corrected chi connectivity index (χ4v) is 4.10. The van der Waals surface area contributed by atoms with E-state index >= 15 is 0 Å². The van der Waals surface area contributed by atoms with Crippen LogP contribution in [-0.2, 0) is 10.5 Å². The molecule has 1 fully saturated rings. The monoisotopic (exact) mass is 360 g/mol. The quantitative estimate of drug-likeness (QED) is 0.825. The average molecular weight is 361 g/mol. The topological polar surface area (TPSA) is 49.6 Å². The van der Waals surface area contributed by atoms with Crippen LogP contribution in [0.15, 0.2) is 24.5 Å². The molecule has 0 radical (unpaired) electrons. The Morgan fingerprint density at radius 2 is 2.12 bits per heavy atom. The number of nitrogens with zero attached hydrogens (tertiary/aromatic N) is 3. The predicted octanol–water partition coefficient (Wildman–Crippen LogP) is 2.72. The molecule has 0 bridgehead atoms. The Labute approximate surface area is 154 Å². The van der Waals surface area contributed by atoms with Crippen molar-refractivity contribution < 1.29 is 4.79 Å². The number of carbonyl (C=O) groups excluding carboxylic acids is 1. The molecular formula is C19H28N4OS. The van der Waals surface area contributed by atoms with Gasteiger partial charge in [0.25, 0.3) is 0 Å². The average Bonchev–Trinajstić information content (AvgIpc) is 3.02. The maximum atomic E-state index is 12.4. The van der Waals surface area contributed by atoms with E-state index in [2.05, 4.69) is 47.0 Å². The summed E-state index contributed by atoms with van der Waals surface area (Å²) < 4.78 is 2.06. The van der Waals surface area contributed by atoms with Crippen molar-refractivity contribution in [3.8, 4) is 0 Å². The molecule has 1 saturated heterocycles. The van der Waals surface area contributed by atoms with E-state index in [0.29, 0.717) is 5.75 Å². The van der Waals surface area contributed by atoms with Gasteiger partial charge in [0.15, 0.2) is 0 Å². The van der Waals surface area contributed by atoms with Crippen molar-refractivity contribution in [2.24, 2.45) is 5.92 Å². The molecule has 3 rings (SSSR count). The lowest BCUT2D eigenvalue weighted by molar-refractivity contribution is -0.129. The van der Waals surface area contributed by atoms with Gasteiger partial charge in [-0.3, -0.25) is 4.79 Å². The van der Waals surface area contributed by atoms with Gasteiger partial charge in [0.1, 0.15) is 5.65 Å². The van der Waals surface area contributed by atoms with Crippen LogP contribution < -0.4 is 5.32 Å². The summed E-state index contributed by atoms with van der Waals surface area (Å²) >= 11 is 1.66. The fraction of sp³-hybridized carbons (Fsp3) is 0.579. The van der Waals surface area contributed by atoms with E-state index in [1.165, 1.54) is 5.56 Å². The molecule has 1 aliphatic heterocycles. The number of pyridine rings is 1. The van der Waals surface area contributed by atoms with Crippen LogP contribution in [0.5, 0.6) is 0 Å². The van der Waals surface area contributed by atoms with Gasteiger partial charge in [0.2, 0.25) is 5.91 Å². The van der Waals surface area contributed by atoms with Crippen molar-refractivity contribution in [3.05, 3.63) is 35.8 Å².